The van der Waals surface area contributed by atoms with Gasteiger partial charge >= 0.3 is 11.6 Å². The monoisotopic (exact) mass is 372 g/mol. The lowest BCUT2D eigenvalue weighted by atomic mass is 10.1. The van der Waals surface area contributed by atoms with Crippen molar-refractivity contribution in [2.75, 3.05) is 6.61 Å². The number of hydrogen-bond donors (Lipinski definition) is 0. The molecule has 3 rings (SSSR count). The molecule has 1 heterocycles. The van der Waals surface area contributed by atoms with Crippen molar-refractivity contribution >= 4 is 28.5 Å². The van der Waals surface area contributed by atoms with Crippen LogP contribution in [0, 0.1) is 20.8 Å². The zero-order valence-corrected chi connectivity index (χ0v) is 15.3. The molecule has 0 bridgehead atoms. The van der Waals surface area contributed by atoms with E-state index < -0.39 is 11.6 Å². The number of carbonyl (C=O) groups is 1. The molecule has 6 heteroatoms. The van der Waals surface area contributed by atoms with Gasteiger partial charge < -0.3 is 13.9 Å². The second-order valence-electron chi connectivity index (χ2n) is 6.04. The van der Waals surface area contributed by atoms with Crippen LogP contribution in [0.3, 0.4) is 0 Å². The van der Waals surface area contributed by atoms with Crippen molar-refractivity contribution in [1.29, 1.82) is 0 Å². The molecule has 0 N–H and O–H groups in total. The highest BCUT2D eigenvalue weighted by Crippen LogP contribution is 2.26. The van der Waals surface area contributed by atoms with E-state index in [2.05, 4.69) is 0 Å². The van der Waals surface area contributed by atoms with Gasteiger partial charge in [0.2, 0.25) is 0 Å². The predicted molar refractivity (Wildman–Crippen MR) is 99.3 cm³/mol. The van der Waals surface area contributed by atoms with Crippen LogP contribution in [0.4, 0.5) is 0 Å². The molecule has 5 nitrogen and oxygen atoms in total. The van der Waals surface area contributed by atoms with Gasteiger partial charge in [-0.05, 0) is 61.7 Å². The number of fused-ring (bicyclic) bond motifs is 1. The molecule has 0 fully saturated rings. The maximum Gasteiger partial charge on any atom is 0.349 e. The van der Waals surface area contributed by atoms with Crippen LogP contribution < -0.4 is 15.1 Å². The van der Waals surface area contributed by atoms with Crippen LogP contribution in [0.15, 0.2) is 45.6 Å². The third-order valence-electron chi connectivity index (χ3n) is 3.92. The molecule has 0 aliphatic carbocycles. The van der Waals surface area contributed by atoms with E-state index in [-0.39, 0.29) is 12.4 Å². The maximum atomic E-state index is 12.0. The molecular formula is C20H17ClO5. The van der Waals surface area contributed by atoms with E-state index in [0.717, 1.165) is 22.1 Å². The fourth-order valence-corrected chi connectivity index (χ4v) is 2.77. The average Bonchev–Trinajstić information content (AvgIpc) is 2.57. The van der Waals surface area contributed by atoms with Crippen LogP contribution in [-0.4, -0.2) is 12.6 Å². The molecule has 0 radical (unpaired) electrons. The summed E-state index contributed by atoms with van der Waals surface area (Å²) in [7, 11) is 0. The first-order chi connectivity index (χ1) is 12.3. The Hall–Kier alpha value is -2.79. The molecule has 0 unspecified atom stereocenters. The highest BCUT2D eigenvalue weighted by Gasteiger charge is 2.10. The Morgan fingerprint density at radius 1 is 1.00 bits per heavy atom. The van der Waals surface area contributed by atoms with Gasteiger partial charge in [-0.15, -0.1) is 0 Å². The summed E-state index contributed by atoms with van der Waals surface area (Å²) in [6, 6.07) is 9.83. The van der Waals surface area contributed by atoms with Gasteiger partial charge in [0.1, 0.15) is 17.1 Å². The number of halogens is 1. The quantitative estimate of drug-likeness (QED) is 0.387. The van der Waals surface area contributed by atoms with E-state index in [0.29, 0.717) is 16.4 Å². The Kier molecular flexibility index (Phi) is 5.00. The van der Waals surface area contributed by atoms with Gasteiger partial charge in [-0.1, -0.05) is 11.6 Å². The summed E-state index contributed by atoms with van der Waals surface area (Å²) in [5, 5.41) is 1.46. The summed E-state index contributed by atoms with van der Waals surface area (Å²) in [5.41, 5.74) is 2.45. The standard InChI is InChI=1S/C20H17ClO5/c1-11-8-18(22)26-17-9-14(4-5-16(11)17)25-19(23)10-24-15-6-12(2)20(21)13(3)7-15/h4-9H,10H2,1-3H3. The smallest absolute Gasteiger partial charge is 0.349 e. The lowest BCUT2D eigenvalue weighted by molar-refractivity contribution is -0.136. The van der Waals surface area contributed by atoms with Crippen molar-refractivity contribution in [3.63, 3.8) is 0 Å². The normalized spacial score (nSPS) is 10.8. The average molecular weight is 373 g/mol. The molecule has 0 saturated carbocycles. The van der Waals surface area contributed by atoms with Crippen LogP contribution >= 0.6 is 11.6 Å². The van der Waals surface area contributed by atoms with Gasteiger partial charge in [-0.2, -0.15) is 0 Å². The summed E-state index contributed by atoms with van der Waals surface area (Å²) in [6.45, 7) is 5.29. The van der Waals surface area contributed by atoms with Gasteiger partial charge in [-0.25, -0.2) is 9.59 Å². The number of benzene rings is 2. The minimum absolute atomic E-state index is 0.254. The highest BCUT2D eigenvalue weighted by atomic mass is 35.5. The van der Waals surface area contributed by atoms with E-state index in [1.54, 1.807) is 24.3 Å². The van der Waals surface area contributed by atoms with E-state index in [1.165, 1.54) is 12.1 Å². The predicted octanol–water partition coefficient (Wildman–Crippen LogP) is 4.36. The Bertz CT molecular complexity index is 1030. The van der Waals surface area contributed by atoms with Crippen molar-refractivity contribution in [2.24, 2.45) is 0 Å². The van der Waals surface area contributed by atoms with Gasteiger partial charge in [0.15, 0.2) is 6.61 Å². The van der Waals surface area contributed by atoms with Crippen molar-refractivity contribution in [3.05, 3.63) is 68.5 Å². The zero-order valence-electron chi connectivity index (χ0n) is 14.6. The van der Waals surface area contributed by atoms with Crippen LogP contribution in [0.5, 0.6) is 11.5 Å². The topological polar surface area (TPSA) is 65.7 Å². The summed E-state index contributed by atoms with van der Waals surface area (Å²) in [6.07, 6.45) is 0. The molecule has 3 aromatic rings. The molecule has 134 valence electrons. The minimum Gasteiger partial charge on any atom is -0.482 e. The Morgan fingerprint density at radius 3 is 2.38 bits per heavy atom. The van der Waals surface area contributed by atoms with E-state index in [9.17, 15) is 9.59 Å². The third kappa shape index (κ3) is 3.89. The molecule has 0 amide bonds. The number of ether oxygens (including phenoxy) is 2. The van der Waals surface area contributed by atoms with Crippen molar-refractivity contribution < 1.29 is 18.7 Å². The van der Waals surface area contributed by atoms with Gasteiger partial charge in [0, 0.05) is 22.5 Å². The number of rotatable bonds is 4. The molecule has 0 atom stereocenters. The molecule has 26 heavy (non-hydrogen) atoms. The van der Waals surface area contributed by atoms with E-state index >= 15 is 0 Å². The van der Waals surface area contributed by atoms with E-state index in [1.807, 2.05) is 20.8 Å². The highest BCUT2D eigenvalue weighted by molar-refractivity contribution is 6.32. The molecule has 0 spiro atoms. The van der Waals surface area contributed by atoms with Crippen LogP contribution in [-0.2, 0) is 4.79 Å². The second-order valence-corrected chi connectivity index (χ2v) is 6.42. The summed E-state index contributed by atoms with van der Waals surface area (Å²) < 4.78 is 15.9. The van der Waals surface area contributed by atoms with Gasteiger partial charge in [0.25, 0.3) is 0 Å². The van der Waals surface area contributed by atoms with Crippen molar-refractivity contribution in [1.82, 2.24) is 0 Å². The Balaban J connectivity index is 1.70. The largest absolute Gasteiger partial charge is 0.482 e. The molecule has 0 aliphatic rings. The fraction of sp³-hybridized carbons (Fsp3) is 0.200. The molecule has 0 aliphatic heterocycles. The number of esters is 1. The van der Waals surface area contributed by atoms with Gasteiger partial charge in [0.05, 0.1) is 0 Å². The lowest BCUT2D eigenvalue weighted by Gasteiger charge is -2.10. The lowest BCUT2D eigenvalue weighted by Crippen LogP contribution is -2.17. The van der Waals surface area contributed by atoms with Gasteiger partial charge in [-0.3, -0.25) is 0 Å². The molecular weight excluding hydrogens is 356 g/mol. The second kappa shape index (κ2) is 7.22. The van der Waals surface area contributed by atoms with E-state index in [4.69, 9.17) is 25.5 Å². The summed E-state index contributed by atoms with van der Waals surface area (Å²) in [5.74, 6) is 0.259. The maximum absolute atomic E-state index is 12.0. The van der Waals surface area contributed by atoms with Crippen LogP contribution in [0.2, 0.25) is 5.02 Å². The van der Waals surface area contributed by atoms with Crippen LogP contribution in [0.25, 0.3) is 11.0 Å². The molecule has 1 aromatic heterocycles. The first-order valence-corrected chi connectivity index (χ1v) is 8.36. The molecule has 2 aromatic carbocycles. The zero-order chi connectivity index (χ0) is 18.8. The minimum atomic E-state index is -0.565. The first-order valence-electron chi connectivity index (χ1n) is 7.98. The summed E-state index contributed by atoms with van der Waals surface area (Å²) in [4.78, 5) is 23.5. The summed E-state index contributed by atoms with van der Waals surface area (Å²) >= 11 is 6.11. The third-order valence-corrected chi connectivity index (χ3v) is 4.52. The number of aryl methyl sites for hydroxylation is 3. The van der Waals surface area contributed by atoms with Crippen molar-refractivity contribution in [2.45, 2.75) is 20.8 Å². The fourth-order valence-electron chi connectivity index (χ4n) is 2.66. The molecule has 0 saturated heterocycles. The number of hydrogen-bond acceptors (Lipinski definition) is 5. The SMILES string of the molecule is Cc1cc(OCC(=O)Oc2ccc3c(C)cc(=O)oc3c2)cc(C)c1Cl. The Morgan fingerprint density at radius 2 is 1.69 bits per heavy atom. The Labute approximate surface area is 155 Å². The number of carbonyl (C=O) groups excluding carboxylic acids is 1. The first kappa shape index (κ1) is 18.0. The van der Waals surface area contributed by atoms with Crippen molar-refractivity contribution in [3.8, 4) is 11.5 Å². The van der Waals surface area contributed by atoms with Crippen LogP contribution in [0.1, 0.15) is 16.7 Å².